The van der Waals surface area contributed by atoms with E-state index in [2.05, 4.69) is 5.32 Å². The first-order valence-corrected chi connectivity index (χ1v) is 15.6. The van der Waals surface area contributed by atoms with Crippen molar-refractivity contribution < 1.29 is 27.6 Å². The van der Waals surface area contributed by atoms with Crippen molar-refractivity contribution in [2.75, 3.05) is 10.2 Å². The summed E-state index contributed by atoms with van der Waals surface area (Å²) in [5.74, 6) is -3.46. The Balaban J connectivity index is 1.25. The van der Waals surface area contributed by atoms with E-state index in [4.69, 9.17) is 0 Å². The predicted molar refractivity (Wildman–Crippen MR) is 167 cm³/mol. The Morgan fingerprint density at radius 1 is 0.822 bits per heavy atom. The monoisotopic (exact) mass is 645 g/mol. The van der Waals surface area contributed by atoms with Crippen LogP contribution in [0.1, 0.15) is 21.9 Å². The van der Waals surface area contributed by atoms with E-state index in [0.717, 1.165) is 57.0 Å². The summed E-state index contributed by atoms with van der Waals surface area (Å²) in [6.45, 7) is -0.330. The van der Waals surface area contributed by atoms with Gasteiger partial charge in [0.1, 0.15) is 11.8 Å². The summed E-state index contributed by atoms with van der Waals surface area (Å²) >= 11 is 1.90. The van der Waals surface area contributed by atoms with Crippen molar-refractivity contribution in [1.29, 1.82) is 0 Å². The summed E-state index contributed by atoms with van der Waals surface area (Å²) in [4.78, 5) is 55.2. The zero-order valence-electron chi connectivity index (χ0n) is 23.2. The van der Waals surface area contributed by atoms with Gasteiger partial charge in [-0.3, -0.25) is 23.7 Å². The number of alkyl halides is 3. The smallest absolute Gasteiger partial charge is 0.325 e. The number of rotatable bonds is 5. The molecule has 0 radical (unpaired) electrons. The molecular weight excluding hydrogens is 624 g/mol. The molecule has 7 rings (SSSR count). The molecule has 0 aliphatic carbocycles. The fourth-order valence-corrected chi connectivity index (χ4v) is 8.74. The van der Waals surface area contributed by atoms with Crippen LogP contribution in [0.2, 0.25) is 0 Å². The lowest BCUT2D eigenvalue weighted by molar-refractivity contribution is -0.137. The zero-order valence-corrected chi connectivity index (χ0v) is 24.8. The first-order valence-electron chi connectivity index (χ1n) is 13.9. The van der Waals surface area contributed by atoms with Crippen molar-refractivity contribution in [1.82, 2.24) is 4.57 Å². The Morgan fingerprint density at radius 3 is 2.31 bits per heavy atom. The minimum atomic E-state index is -4.66. The molecule has 1 fully saturated rings. The molecule has 0 spiro atoms. The second kappa shape index (κ2) is 11.0. The van der Waals surface area contributed by atoms with E-state index in [1.165, 1.54) is 10.6 Å². The van der Waals surface area contributed by atoms with Crippen LogP contribution < -0.4 is 15.1 Å². The van der Waals surface area contributed by atoms with E-state index < -0.39 is 51.4 Å². The minimum absolute atomic E-state index is 0.169. The maximum atomic E-state index is 13.9. The minimum Gasteiger partial charge on any atom is -0.325 e. The number of nitrogens with one attached hydrogen (secondary N) is 1. The topological polar surface area (TPSA) is 88.5 Å². The summed E-state index contributed by atoms with van der Waals surface area (Å²) in [5, 5.41) is 4.14. The number of amides is 3. The van der Waals surface area contributed by atoms with Crippen molar-refractivity contribution in [2.45, 2.75) is 28.9 Å². The van der Waals surface area contributed by atoms with Gasteiger partial charge in [0.25, 0.3) is 0 Å². The molecule has 0 bridgehead atoms. The second-order valence-corrected chi connectivity index (χ2v) is 12.9. The van der Waals surface area contributed by atoms with Crippen molar-refractivity contribution >= 4 is 63.0 Å². The molecule has 12 heteroatoms. The van der Waals surface area contributed by atoms with Crippen LogP contribution in [0.25, 0.3) is 10.8 Å². The summed E-state index contributed by atoms with van der Waals surface area (Å²) < 4.78 is 41.8. The van der Waals surface area contributed by atoms with Crippen molar-refractivity contribution in [3.63, 3.8) is 0 Å². The maximum Gasteiger partial charge on any atom is 0.416 e. The molecule has 3 unspecified atom stereocenters. The van der Waals surface area contributed by atoms with Crippen molar-refractivity contribution in [2.24, 2.45) is 5.92 Å². The van der Waals surface area contributed by atoms with Gasteiger partial charge in [-0.2, -0.15) is 13.2 Å². The number of fused-ring (bicyclic) bond motifs is 3. The molecule has 3 amide bonds. The molecule has 0 saturated carbocycles. The van der Waals surface area contributed by atoms with Gasteiger partial charge in [-0.1, -0.05) is 89.8 Å². The van der Waals surface area contributed by atoms with Gasteiger partial charge in [0.2, 0.25) is 17.7 Å². The average Bonchev–Trinajstić information content (AvgIpc) is 3.47. The molecule has 7 nitrogen and oxygen atoms in total. The molecule has 4 aromatic carbocycles. The number of halogens is 3. The fourth-order valence-electron chi connectivity index (χ4n) is 5.96. The van der Waals surface area contributed by atoms with Gasteiger partial charge in [-0.15, -0.1) is 0 Å². The highest BCUT2D eigenvalue weighted by molar-refractivity contribution is 8.00. The summed E-state index contributed by atoms with van der Waals surface area (Å²) in [5.41, 5.74) is 0.0828. The lowest BCUT2D eigenvalue weighted by Gasteiger charge is -2.30. The molecule has 5 aromatic rings. The molecule has 3 atom stereocenters. The number of anilines is 2. The van der Waals surface area contributed by atoms with E-state index in [1.54, 1.807) is 36.4 Å². The number of aromatic nitrogens is 1. The van der Waals surface area contributed by atoms with Gasteiger partial charge in [0.15, 0.2) is 0 Å². The largest absolute Gasteiger partial charge is 0.416 e. The number of hydrogen-bond acceptors (Lipinski definition) is 6. The van der Waals surface area contributed by atoms with Crippen molar-refractivity contribution in [3.05, 3.63) is 123 Å². The summed E-state index contributed by atoms with van der Waals surface area (Å²) in [7, 11) is 0. The Bertz CT molecular complexity index is 2060. The molecule has 1 N–H and O–H groups in total. The van der Waals surface area contributed by atoms with Gasteiger partial charge in [0, 0.05) is 16.5 Å². The van der Waals surface area contributed by atoms with E-state index in [0.29, 0.717) is 21.2 Å². The molecule has 2 aliphatic rings. The lowest BCUT2D eigenvalue weighted by Crippen LogP contribution is -2.33. The number of hydrogen-bond donors (Lipinski definition) is 1. The molecule has 2 aliphatic heterocycles. The standard InChI is InChI=1S/C33H22F3N3O4S2/c34-33(35,36)21-11-6-12-23(16-21)39-29(41)26-25(19-8-2-1-3-9-19)28-31(44-27(26)30(39)42)38(32(43)45-28)17-24(40)37-22-14-13-18-7-4-5-10-20(18)15-22/h1-16,25-27H,17H2,(H,37,40). The molecular formula is C33H22F3N3O4S2. The number of carbonyl (C=O) groups is 3. The molecule has 3 heterocycles. The number of benzene rings is 4. The highest BCUT2D eigenvalue weighted by Gasteiger charge is 2.57. The molecule has 1 aromatic heterocycles. The number of imide groups is 1. The van der Waals surface area contributed by atoms with Crippen molar-refractivity contribution in [3.8, 4) is 0 Å². The SMILES string of the molecule is O=C(Cn1c2c(sc1=O)C(c1ccccc1)C1C(=O)N(c3cccc(C(F)(F)F)c3)C(=O)C1S2)Nc1ccc2ccccc2c1. The molecule has 1 saturated heterocycles. The normalized spacial score (nSPS) is 19.4. The van der Waals surface area contributed by atoms with Crippen LogP contribution in [0, 0.1) is 5.92 Å². The van der Waals surface area contributed by atoms with E-state index in [9.17, 15) is 32.3 Å². The van der Waals surface area contributed by atoms with E-state index in [1.807, 2.05) is 36.4 Å². The van der Waals surface area contributed by atoms with E-state index in [-0.39, 0.29) is 12.2 Å². The quantitative estimate of drug-likeness (QED) is 0.220. The van der Waals surface area contributed by atoms with Gasteiger partial charge in [-0.25, -0.2) is 4.90 Å². The van der Waals surface area contributed by atoms with Crippen LogP contribution in [0.15, 0.2) is 107 Å². The van der Waals surface area contributed by atoms with Crippen LogP contribution in [0.3, 0.4) is 0 Å². The number of thioether (sulfide) groups is 1. The molecule has 226 valence electrons. The third-order valence-electron chi connectivity index (χ3n) is 7.97. The number of carbonyl (C=O) groups excluding carboxylic acids is 3. The van der Waals surface area contributed by atoms with Crippen LogP contribution in [-0.2, 0) is 27.1 Å². The van der Waals surface area contributed by atoms with Crippen LogP contribution >= 0.6 is 23.1 Å². The zero-order chi connectivity index (χ0) is 31.5. The Labute approximate surface area is 262 Å². The fraction of sp³-hybridized carbons (Fsp3) is 0.152. The van der Waals surface area contributed by atoms with Gasteiger partial charge >= 0.3 is 11.0 Å². The first-order chi connectivity index (χ1) is 21.6. The highest BCUT2D eigenvalue weighted by Crippen LogP contribution is 2.54. The summed E-state index contributed by atoms with van der Waals surface area (Å²) in [6.07, 6.45) is -4.66. The molecule has 45 heavy (non-hydrogen) atoms. The number of thiazole rings is 1. The first kappa shape index (κ1) is 29.1. The van der Waals surface area contributed by atoms with Gasteiger partial charge in [-0.05, 0) is 46.7 Å². The van der Waals surface area contributed by atoms with Crippen LogP contribution in [-0.4, -0.2) is 27.5 Å². The average molecular weight is 646 g/mol. The summed E-state index contributed by atoms with van der Waals surface area (Å²) in [6, 6.07) is 26.2. The maximum absolute atomic E-state index is 13.9. The van der Waals surface area contributed by atoms with Crippen LogP contribution in [0.4, 0.5) is 24.5 Å². The van der Waals surface area contributed by atoms with Gasteiger partial charge in [0.05, 0.1) is 22.2 Å². The second-order valence-electron chi connectivity index (χ2n) is 10.7. The third kappa shape index (κ3) is 5.13. The number of nitrogens with zero attached hydrogens (tertiary/aromatic N) is 2. The Hall–Kier alpha value is -4.68. The Kier molecular flexibility index (Phi) is 7.13. The van der Waals surface area contributed by atoms with Crippen LogP contribution in [0.5, 0.6) is 0 Å². The lowest BCUT2D eigenvalue weighted by atomic mass is 9.83. The Morgan fingerprint density at radius 2 is 1.56 bits per heavy atom. The third-order valence-corrected chi connectivity index (χ3v) is 10.6. The van der Waals surface area contributed by atoms with Gasteiger partial charge < -0.3 is 5.32 Å². The highest BCUT2D eigenvalue weighted by atomic mass is 32.2. The van der Waals surface area contributed by atoms with E-state index >= 15 is 0 Å². The predicted octanol–water partition coefficient (Wildman–Crippen LogP) is 6.52.